The maximum atomic E-state index is 8.65. The third kappa shape index (κ3) is 32.0. The molecule has 0 aromatic rings. The monoisotopic (exact) mass is 338 g/mol. The van der Waals surface area contributed by atoms with Gasteiger partial charge in [0.25, 0.3) is 0 Å². The molecular weight excluding hydrogens is 304 g/mol. The summed E-state index contributed by atoms with van der Waals surface area (Å²) in [5.74, 6) is 0.932. The Labute approximate surface area is 137 Å². The molecule has 0 rings (SSSR count). The zero-order chi connectivity index (χ0) is 17.3. The number of aliphatic hydroxyl groups excluding tert-OH is 1. The van der Waals surface area contributed by atoms with Crippen molar-refractivity contribution in [2.75, 3.05) is 6.61 Å². The number of hydrogen-bond donors (Lipinski definition) is 1. The molecule has 0 heterocycles. The normalized spacial score (nSPS) is 12.6. The van der Waals surface area contributed by atoms with Crippen LogP contribution in [0.5, 0.6) is 0 Å². The van der Waals surface area contributed by atoms with Gasteiger partial charge < -0.3 is 14.2 Å². The van der Waals surface area contributed by atoms with Gasteiger partial charge in [-0.25, -0.2) is 0 Å². The van der Waals surface area contributed by atoms with E-state index in [1.807, 2.05) is 0 Å². The van der Waals surface area contributed by atoms with Gasteiger partial charge in [0.2, 0.25) is 0 Å². The third-order valence-electron chi connectivity index (χ3n) is 3.80. The Kier molecular flexibility index (Phi) is 18.8. The van der Waals surface area contributed by atoms with Crippen LogP contribution < -0.4 is 0 Å². The SMILES string of the molecule is CCC(C)CCCCCCCCCCCCO.O=S(=O)([O-])[O-]. The van der Waals surface area contributed by atoms with Crippen molar-refractivity contribution in [3.63, 3.8) is 0 Å². The smallest absolute Gasteiger partial charge is 0.0431 e. The van der Waals surface area contributed by atoms with Crippen LogP contribution in [0, 0.1) is 5.92 Å². The van der Waals surface area contributed by atoms with Gasteiger partial charge in [-0.3, -0.25) is 8.42 Å². The minimum atomic E-state index is -5.17. The van der Waals surface area contributed by atoms with Crippen LogP contribution >= 0.6 is 0 Å². The molecule has 0 aliphatic carbocycles. The van der Waals surface area contributed by atoms with Gasteiger partial charge in [0.05, 0.1) is 0 Å². The van der Waals surface area contributed by atoms with Crippen LogP contribution in [0.25, 0.3) is 0 Å². The topological polar surface area (TPSA) is 100 Å². The van der Waals surface area contributed by atoms with Crippen molar-refractivity contribution in [2.24, 2.45) is 5.92 Å². The maximum Gasteiger partial charge on any atom is 0.0431 e. The molecule has 0 saturated carbocycles. The second kappa shape index (κ2) is 17.2. The van der Waals surface area contributed by atoms with Crippen molar-refractivity contribution in [2.45, 2.75) is 90.9 Å². The first kappa shape index (κ1) is 24.1. The fourth-order valence-electron chi connectivity index (χ4n) is 2.22. The fraction of sp³-hybridized carbons (Fsp3) is 1.00. The van der Waals surface area contributed by atoms with Crippen LogP contribution in [0.2, 0.25) is 0 Å². The lowest BCUT2D eigenvalue weighted by Crippen LogP contribution is -1.91. The Hall–Kier alpha value is -0.170. The van der Waals surface area contributed by atoms with Gasteiger partial charge in [-0.05, 0) is 12.3 Å². The number of aliphatic hydroxyl groups is 1. The highest BCUT2D eigenvalue weighted by Crippen LogP contribution is 2.15. The Morgan fingerprint density at radius 3 is 1.45 bits per heavy atom. The zero-order valence-corrected chi connectivity index (χ0v) is 15.1. The van der Waals surface area contributed by atoms with Crippen molar-refractivity contribution in [1.29, 1.82) is 0 Å². The average molecular weight is 339 g/mol. The van der Waals surface area contributed by atoms with Gasteiger partial charge in [0.15, 0.2) is 0 Å². The molecule has 0 saturated heterocycles. The standard InChI is InChI=1S/C16H34O.H2O4S/c1-3-16(2)14-12-10-8-6-4-5-7-9-11-13-15-17;1-5(2,3)4/h16-17H,3-15H2,1-2H3;(H2,1,2,3,4)/p-2. The highest BCUT2D eigenvalue weighted by Gasteiger charge is 1.98. The molecule has 0 aliphatic rings. The molecule has 136 valence electrons. The van der Waals surface area contributed by atoms with Crippen LogP contribution in [-0.2, 0) is 10.4 Å². The lowest BCUT2D eigenvalue weighted by molar-refractivity contribution is 0.282. The summed E-state index contributed by atoms with van der Waals surface area (Å²) in [6.07, 6.45) is 16.2. The van der Waals surface area contributed by atoms with Crippen LogP contribution in [0.1, 0.15) is 90.9 Å². The summed E-state index contributed by atoms with van der Waals surface area (Å²) in [7, 11) is -5.17. The van der Waals surface area contributed by atoms with Crippen molar-refractivity contribution in [3.8, 4) is 0 Å². The predicted octanol–water partition coefficient (Wildman–Crippen LogP) is 3.98. The fourth-order valence-corrected chi connectivity index (χ4v) is 2.22. The van der Waals surface area contributed by atoms with Crippen molar-refractivity contribution < 1.29 is 22.6 Å². The molecular formula is C16H34O5S-2. The largest absolute Gasteiger partial charge is 0.759 e. The Morgan fingerprint density at radius 1 is 0.818 bits per heavy atom. The van der Waals surface area contributed by atoms with Crippen LogP contribution in [-0.4, -0.2) is 29.2 Å². The van der Waals surface area contributed by atoms with Gasteiger partial charge >= 0.3 is 0 Å². The Balaban J connectivity index is 0. The van der Waals surface area contributed by atoms with Gasteiger partial charge in [-0.1, -0.05) is 84.5 Å². The van der Waals surface area contributed by atoms with E-state index in [0.717, 1.165) is 12.3 Å². The summed E-state index contributed by atoms with van der Waals surface area (Å²) in [6, 6.07) is 0. The molecule has 1 N–H and O–H groups in total. The maximum absolute atomic E-state index is 8.65. The first-order chi connectivity index (χ1) is 10.3. The van der Waals surface area contributed by atoms with E-state index in [-0.39, 0.29) is 0 Å². The molecule has 0 aliphatic heterocycles. The second-order valence-electron chi connectivity index (χ2n) is 5.97. The van der Waals surface area contributed by atoms with Crippen molar-refractivity contribution in [3.05, 3.63) is 0 Å². The first-order valence-corrected chi connectivity index (χ1v) is 9.92. The molecule has 6 heteroatoms. The summed E-state index contributed by atoms with van der Waals surface area (Å²) in [5, 5.41) is 8.65. The molecule has 0 spiro atoms. The van der Waals surface area contributed by atoms with E-state index in [9.17, 15) is 0 Å². The molecule has 0 aromatic heterocycles. The molecule has 1 unspecified atom stereocenters. The lowest BCUT2D eigenvalue weighted by Gasteiger charge is -2.07. The van der Waals surface area contributed by atoms with E-state index >= 15 is 0 Å². The first-order valence-electron chi connectivity index (χ1n) is 8.58. The van der Waals surface area contributed by atoms with E-state index in [1.54, 1.807) is 0 Å². The molecule has 1 atom stereocenters. The highest BCUT2D eigenvalue weighted by atomic mass is 32.3. The third-order valence-corrected chi connectivity index (χ3v) is 3.80. The average Bonchev–Trinajstić information content (AvgIpc) is 2.42. The zero-order valence-electron chi connectivity index (χ0n) is 14.3. The van der Waals surface area contributed by atoms with Gasteiger partial charge in [-0.2, -0.15) is 0 Å². The highest BCUT2D eigenvalue weighted by molar-refractivity contribution is 7.79. The lowest BCUT2D eigenvalue weighted by atomic mass is 9.99. The number of unbranched alkanes of at least 4 members (excludes halogenated alkanes) is 9. The Bertz CT molecular complexity index is 296. The summed E-state index contributed by atoms with van der Waals surface area (Å²) < 4.78 is 34.1. The summed E-state index contributed by atoms with van der Waals surface area (Å²) in [4.78, 5) is 0. The van der Waals surface area contributed by atoms with Crippen LogP contribution in [0.15, 0.2) is 0 Å². The molecule has 0 amide bonds. The molecule has 5 nitrogen and oxygen atoms in total. The minimum Gasteiger partial charge on any atom is -0.759 e. The van der Waals surface area contributed by atoms with Crippen LogP contribution in [0.4, 0.5) is 0 Å². The molecule has 0 radical (unpaired) electrons. The van der Waals surface area contributed by atoms with E-state index < -0.39 is 10.4 Å². The summed E-state index contributed by atoms with van der Waals surface area (Å²) in [5.41, 5.74) is 0. The predicted molar refractivity (Wildman–Crippen MR) is 87.8 cm³/mol. The van der Waals surface area contributed by atoms with E-state index in [0.29, 0.717) is 6.61 Å². The van der Waals surface area contributed by atoms with E-state index in [4.69, 9.17) is 22.6 Å². The van der Waals surface area contributed by atoms with Gasteiger partial charge in [0, 0.05) is 17.0 Å². The summed E-state index contributed by atoms with van der Waals surface area (Å²) in [6.45, 7) is 5.03. The van der Waals surface area contributed by atoms with Gasteiger partial charge in [-0.15, -0.1) is 0 Å². The molecule has 0 aromatic carbocycles. The van der Waals surface area contributed by atoms with E-state index in [2.05, 4.69) is 13.8 Å². The Morgan fingerprint density at radius 2 is 1.14 bits per heavy atom. The summed E-state index contributed by atoms with van der Waals surface area (Å²) >= 11 is 0. The molecule has 0 bridgehead atoms. The van der Waals surface area contributed by atoms with Crippen molar-refractivity contribution in [1.82, 2.24) is 0 Å². The molecule has 22 heavy (non-hydrogen) atoms. The van der Waals surface area contributed by atoms with Crippen LogP contribution in [0.3, 0.4) is 0 Å². The van der Waals surface area contributed by atoms with E-state index in [1.165, 1.54) is 70.6 Å². The number of hydrogen-bond acceptors (Lipinski definition) is 5. The number of rotatable bonds is 13. The second-order valence-corrected chi connectivity index (χ2v) is 6.79. The van der Waals surface area contributed by atoms with Crippen molar-refractivity contribution >= 4 is 10.4 Å². The molecule has 0 fully saturated rings. The quantitative estimate of drug-likeness (QED) is 0.311. The minimum absolute atomic E-state index is 0.371. The van der Waals surface area contributed by atoms with Gasteiger partial charge in [0.1, 0.15) is 0 Å².